The maximum absolute atomic E-state index is 11.6. The quantitative estimate of drug-likeness (QED) is 0.868. The Balaban J connectivity index is 1.82. The molecule has 7 heteroatoms. The van der Waals surface area contributed by atoms with E-state index in [4.69, 9.17) is 9.26 Å². The molecule has 0 radical (unpaired) electrons. The highest BCUT2D eigenvalue weighted by Crippen LogP contribution is 2.16. The van der Waals surface area contributed by atoms with Crippen molar-refractivity contribution in [2.24, 2.45) is 0 Å². The van der Waals surface area contributed by atoms with Gasteiger partial charge in [-0.15, -0.1) is 11.3 Å². The van der Waals surface area contributed by atoms with Crippen LogP contribution in [0.2, 0.25) is 0 Å². The SMILES string of the molecule is Cc1cc(NC(=O)COC(=O)c2ccc(C)s2)no1. The van der Waals surface area contributed by atoms with Crippen LogP contribution < -0.4 is 5.32 Å². The lowest BCUT2D eigenvalue weighted by Crippen LogP contribution is -2.20. The first-order valence-electron chi connectivity index (χ1n) is 5.51. The number of nitrogens with zero attached hydrogens (tertiary/aromatic N) is 1. The number of hydrogen-bond acceptors (Lipinski definition) is 6. The van der Waals surface area contributed by atoms with Gasteiger partial charge in [0.1, 0.15) is 10.6 Å². The summed E-state index contributed by atoms with van der Waals surface area (Å²) in [5, 5.41) is 6.06. The molecular weight excluding hydrogens is 268 g/mol. The monoisotopic (exact) mass is 280 g/mol. The molecule has 2 aromatic rings. The number of thiophene rings is 1. The van der Waals surface area contributed by atoms with Crippen molar-refractivity contribution >= 4 is 29.0 Å². The second kappa shape index (κ2) is 5.66. The highest BCUT2D eigenvalue weighted by atomic mass is 32.1. The summed E-state index contributed by atoms with van der Waals surface area (Å²) in [6.45, 7) is 3.24. The summed E-state index contributed by atoms with van der Waals surface area (Å²) in [5.41, 5.74) is 0. The second-order valence-electron chi connectivity index (χ2n) is 3.86. The van der Waals surface area contributed by atoms with E-state index in [1.165, 1.54) is 11.3 Å². The maximum atomic E-state index is 11.6. The number of ether oxygens (including phenoxy) is 1. The molecule has 0 aliphatic carbocycles. The maximum Gasteiger partial charge on any atom is 0.348 e. The molecule has 0 bridgehead atoms. The zero-order valence-electron chi connectivity index (χ0n) is 10.4. The summed E-state index contributed by atoms with van der Waals surface area (Å²) in [6.07, 6.45) is 0. The predicted octanol–water partition coefficient (Wildman–Crippen LogP) is 2.15. The van der Waals surface area contributed by atoms with Crippen molar-refractivity contribution < 1.29 is 18.8 Å². The van der Waals surface area contributed by atoms with Crippen LogP contribution in [0.3, 0.4) is 0 Å². The van der Waals surface area contributed by atoms with Crippen LogP contribution in [-0.4, -0.2) is 23.6 Å². The standard InChI is InChI=1S/C12H12N2O4S/c1-7-5-10(14-18-7)13-11(15)6-17-12(16)9-4-3-8(2)19-9/h3-5H,6H2,1-2H3,(H,13,14,15). The highest BCUT2D eigenvalue weighted by molar-refractivity contribution is 7.13. The Morgan fingerprint density at radius 3 is 2.79 bits per heavy atom. The number of rotatable bonds is 4. The van der Waals surface area contributed by atoms with Crippen LogP contribution in [-0.2, 0) is 9.53 Å². The van der Waals surface area contributed by atoms with Gasteiger partial charge < -0.3 is 14.6 Å². The smallest absolute Gasteiger partial charge is 0.348 e. The number of carbonyl (C=O) groups excluding carboxylic acids is 2. The van der Waals surface area contributed by atoms with Crippen molar-refractivity contribution in [3.05, 3.63) is 33.7 Å². The number of nitrogens with one attached hydrogen (secondary N) is 1. The van der Waals surface area contributed by atoms with Crippen molar-refractivity contribution in [1.29, 1.82) is 0 Å². The summed E-state index contributed by atoms with van der Waals surface area (Å²) in [4.78, 5) is 24.6. The van der Waals surface area contributed by atoms with Gasteiger partial charge in [-0.2, -0.15) is 0 Å². The fourth-order valence-corrected chi connectivity index (χ4v) is 2.11. The third kappa shape index (κ3) is 3.65. The fraction of sp³-hybridized carbons (Fsp3) is 0.250. The molecule has 0 aliphatic rings. The van der Waals surface area contributed by atoms with E-state index in [9.17, 15) is 9.59 Å². The van der Waals surface area contributed by atoms with Crippen LogP contribution >= 0.6 is 11.3 Å². The van der Waals surface area contributed by atoms with Gasteiger partial charge in [0.25, 0.3) is 5.91 Å². The molecule has 6 nitrogen and oxygen atoms in total. The molecule has 0 saturated heterocycles. The Kier molecular flexibility index (Phi) is 3.96. The molecule has 2 aromatic heterocycles. The van der Waals surface area contributed by atoms with E-state index < -0.39 is 11.9 Å². The van der Waals surface area contributed by atoms with Crippen LogP contribution in [0.4, 0.5) is 5.82 Å². The van der Waals surface area contributed by atoms with Gasteiger partial charge in [0, 0.05) is 10.9 Å². The molecule has 100 valence electrons. The van der Waals surface area contributed by atoms with Gasteiger partial charge in [-0.05, 0) is 26.0 Å². The zero-order valence-corrected chi connectivity index (χ0v) is 11.2. The number of amides is 1. The van der Waals surface area contributed by atoms with Crippen LogP contribution in [0.1, 0.15) is 20.3 Å². The van der Waals surface area contributed by atoms with Gasteiger partial charge in [-0.1, -0.05) is 5.16 Å². The summed E-state index contributed by atoms with van der Waals surface area (Å²) < 4.78 is 9.68. The van der Waals surface area contributed by atoms with E-state index in [1.54, 1.807) is 19.1 Å². The minimum Gasteiger partial charge on any atom is -0.451 e. The largest absolute Gasteiger partial charge is 0.451 e. The third-order valence-electron chi connectivity index (χ3n) is 2.17. The number of aryl methyl sites for hydroxylation is 2. The lowest BCUT2D eigenvalue weighted by atomic mass is 10.4. The first-order chi connectivity index (χ1) is 9.04. The fourth-order valence-electron chi connectivity index (χ4n) is 1.35. The van der Waals surface area contributed by atoms with Crippen LogP contribution in [0.15, 0.2) is 22.7 Å². The molecule has 0 fully saturated rings. The molecule has 0 saturated carbocycles. The molecule has 19 heavy (non-hydrogen) atoms. The summed E-state index contributed by atoms with van der Waals surface area (Å²) in [5.74, 6) is -0.0913. The van der Waals surface area contributed by atoms with Crippen LogP contribution in [0.5, 0.6) is 0 Å². The van der Waals surface area contributed by atoms with E-state index in [1.807, 2.05) is 13.0 Å². The lowest BCUT2D eigenvalue weighted by molar-refractivity contribution is -0.119. The molecule has 0 aliphatic heterocycles. The molecule has 1 N–H and O–H groups in total. The molecule has 1 amide bonds. The number of esters is 1. The normalized spacial score (nSPS) is 10.2. The molecule has 0 atom stereocenters. The van der Waals surface area contributed by atoms with E-state index in [0.717, 1.165) is 4.88 Å². The average molecular weight is 280 g/mol. The van der Waals surface area contributed by atoms with Crippen molar-refractivity contribution in [1.82, 2.24) is 5.16 Å². The number of carbonyl (C=O) groups is 2. The Labute approximate surface area is 113 Å². The number of hydrogen-bond donors (Lipinski definition) is 1. The summed E-state index contributed by atoms with van der Waals surface area (Å²) >= 11 is 1.32. The Bertz CT molecular complexity index is 602. The van der Waals surface area contributed by atoms with Crippen LogP contribution in [0.25, 0.3) is 0 Å². The Morgan fingerprint density at radius 1 is 1.42 bits per heavy atom. The van der Waals surface area contributed by atoms with Gasteiger partial charge in [0.2, 0.25) is 0 Å². The van der Waals surface area contributed by atoms with Crippen LogP contribution in [0, 0.1) is 13.8 Å². The van der Waals surface area contributed by atoms with Crippen molar-refractivity contribution in [3.63, 3.8) is 0 Å². The van der Waals surface area contributed by atoms with Gasteiger partial charge in [-0.25, -0.2) is 4.79 Å². The summed E-state index contributed by atoms with van der Waals surface area (Å²) in [6, 6.07) is 5.06. The Hall–Kier alpha value is -2.15. The first kappa shape index (κ1) is 13.3. The van der Waals surface area contributed by atoms with Crippen molar-refractivity contribution in [3.8, 4) is 0 Å². The Morgan fingerprint density at radius 2 is 2.21 bits per heavy atom. The first-order valence-corrected chi connectivity index (χ1v) is 6.33. The molecular formula is C12H12N2O4S. The zero-order chi connectivity index (χ0) is 13.8. The van der Waals surface area contributed by atoms with E-state index >= 15 is 0 Å². The van der Waals surface area contributed by atoms with E-state index in [-0.39, 0.29) is 6.61 Å². The van der Waals surface area contributed by atoms with Gasteiger partial charge in [0.15, 0.2) is 12.4 Å². The molecule has 0 spiro atoms. The van der Waals surface area contributed by atoms with E-state index in [0.29, 0.717) is 16.5 Å². The topological polar surface area (TPSA) is 81.4 Å². The summed E-state index contributed by atoms with van der Waals surface area (Å²) in [7, 11) is 0. The second-order valence-corrected chi connectivity index (χ2v) is 5.15. The predicted molar refractivity (Wildman–Crippen MR) is 69.2 cm³/mol. The lowest BCUT2D eigenvalue weighted by Gasteiger charge is -2.02. The minimum atomic E-state index is -0.510. The molecule has 0 aromatic carbocycles. The van der Waals surface area contributed by atoms with Gasteiger partial charge in [0.05, 0.1) is 0 Å². The number of aromatic nitrogens is 1. The molecule has 0 unspecified atom stereocenters. The molecule has 2 heterocycles. The average Bonchev–Trinajstić information content (AvgIpc) is 2.95. The van der Waals surface area contributed by atoms with Gasteiger partial charge >= 0.3 is 5.97 Å². The minimum absolute atomic E-state index is 0.297. The number of anilines is 1. The third-order valence-corrected chi connectivity index (χ3v) is 3.15. The molecule has 2 rings (SSSR count). The highest BCUT2D eigenvalue weighted by Gasteiger charge is 2.13. The van der Waals surface area contributed by atoms with Gasteiger partial charge in [-0.3, -0.25) is 4.79 Å². The van der Waals surface area contributed by atoms with Crippen molar-refractivity contribution in [2.45, 2.75) is 13.8 Å². The van der Waals surface area contributed by atoms with E-state index in [2.05, 4.69) is 10.5 Å². The van der Waals surface area contributed by atoms with Crippen molar-refractivity contribution in [2.75, 3.05) is 11.9 Å².